The number of nitrogens with two attached hydrogens (primary N) is 2. The minimum Gasteiger partial charge on any atom is -0.465 e. The van der Waals surface area contributed by atoms with Crippen LogP contribution in [-0.4, -0.2) is 19.6 Å². The zero-order valence-electron chi connectivity index (χ0n) is 8.57. The second-order valence-electron chi connectivity index (χ2n) is 2.98. The summed E-state index contributed by atoms with van der Waals surface area (Å²) in [6, 6.07) is 5.13. The molecule has 0 spiro atoms. The van der Waals surface area contributed by atoms with Crippen molar-refractivity contribution in [2.24, 2.45) is 5.73 Å². The molecule has 0 aliphatic heterocycles. The molecule has 0 atom stereocenters. The predicted octanol–water partition coefficient (Wildman–Crippen LogP) is 1.03. The molecule has 0 aromatic heterocycles. The van der Waals surface area contributed by atoms with Crippen LogP contribution in [0.3, 0.4) is 0 Å². The standard InChI is InChI=1S/C11H14N2O2/c1-15-11(14)9-5-4-8(3-2-6-12)7-10(9)13/h2-5,7H,6,12-13H2,1H3. The zero-order valence-corrected chi connectivity index (χ0v) is 8.57. The molecule has 80 valence electrons. The molecule has 0 radical (unpaired) electrons. The van der Waals surface area contributed by atoms with Gasteiger partial charge in [-0.2, -0.15) is 0 Å². The number of rotatable bonds is 3. The van der Waals surface area contributed by atoms with Crippen LogP contribution in [0, 0.1) is 0 Å². The van der Waals surface area contributed by atoms with Crippen molar-refractivity contribution < 1.29 is 9.53 Å². The van der Waals surface area contributed by atoms with Gasteiger partial charge in [-0.15, -0.1) is 0 Å². The van der Waals surface area contributed by atoms with E-state index >= 15 is 0 Å². The van der Waals surface area contributed by atoms with Crippen molar-refractivity contribution in [3.63, 3.8) is 0 Å². The number of esters is 1. The van der Waals surface area contributed by atoms with Gasteiger partial charge in [0, 0.05) is 12.2 Å². The lowest BCUT2D eigenvalue weighted by molar-refractivity contribution is 0.0602. The third-order valence-electron chi connectivity index (χ3n) is 1.93. The Morgan fingerprint density at radius 1 is 1.53 bits per heavy atom. The van der Waals surface area contributed by atoms with Gasteiger partial charge in [-0.1, -0.05) is 18.2 Å². The molecule has 0 bridgehead atoms. The third-order valence-corrected chi connectivity index (χ3v) is 1.93. The van der Waals surface area contributed by atoms with Crippen molar-refractivity contribution in [2.45, 2.75) is 0 Å². The smallest absolute Gasteiger partial charge is 0.339 e. The molecule has 1 rings (SSSR count). The van der Waals surface area contributed by atoms with E-state index in [0.717, 1.165) is 5.56 Å². The van der Waals surface area contributed by atoms with Crippen LogP contribution in [0.5, 0.6) is 0 Å². The summed E-state index contributed by atoms with van der Waals surface area (Å²) in [5.41, 5.74) is 12.7. The fraction of sp³-hybridized carbons (Fsp3) is 0.182. The molecular formula is C11H14N2O2. The van der Waals surface area contributed by atoms with E-state index in [2.05, 4.69) is 4.74 Å². The van der Waals surface area contributed by atoms with E-state index in [1.165, 1.54) is 7.11 Å². The summed E-state index contributed by atoms with van der Waals surface area (Å²) in [6.07, 6.45) is 3.66. The largest absolute Gasteiger partial charge is 0.465 e. The van der Waals surface area contributed by atoms with Gasteiger partial charge in [0.25, 0.3) is 0 Å². The van der Waals surface area contributed by atoms with Gasteiger partial charge in [0.2, 0.25) is 0 Å². The first-order chi connectivity index (χ1) is 7.19. The Bertz CT molecular complexity index is 386. The first-order valence-electron chi connectivity index (χ1n) is 4.53. The maximum Gasteiger partial charge on any atom is 0.339 e. The highest BCUT2D eigenvalue weighted by molar-refractivity contribution is 5.95. The van der Waals surface area contributed by atoms with E-state index in [0.29, 0.717) is 17.8 Å². The van der Waals surface area contributed by atoms with Gasteiger partial charge < -0.3 is 16.2 Å². The quantitative estimate of drug-likeness (QED) is 0.572. The SMILES string of the molecule is COC(=O)c1ccc(C=CCN)cc1N. The summed E-state index contributed by atoms with van der Waals surface area (Å²) in [7, 11) is 1.32. The Labute approximate surface area is 88.5 Å². The molecule has 1 aromatic carbocycles. The third kappa shape index (κ3) is 2.82. The molecule has 4 nitrogen and oxygen atoms in total. The Morgan fingerprint density at radius 3 is 2.80 bits per heavy atom. The molecule has 0 amide bonds. The number of nitrogen functional groups attached to an aromatic ring is 1. The predicted molar refractivity (Wildman–Crippen MR) is 60.3 cm³/mol. The van der Waals surface area contributed by atoms with Gasteiger partial charge in [-0.3, -0.25) is 0 Å². The Morgan fingerprint density at radius 2 is 2.27 bits per heavy atom. The number of carbonyl (C=O) groups is 1. The van der Waals surface area contributed by atoms with Crippen molar-refractivity contribution in [1.82, 2.24) is 0 Å². The number of ether oxygens (including phenoxy) is 1. The Hall–Kier alpha value is -1.81. The van der Waals surface area contributed by atoms with Crippen LogP contribution in [0.4, 0.5) is 5.69 Å². The normalized spacial score (nSPS) is 10.5. The van der Waals surface area contributed by atoms with Gasteiger partial charge in [0.05, 0.1) is 12.7 Å². The average Bonchev–Trinajstić information content (AvgIpc) is 2.25. The lowest BCUT2D eigenvalue weighted by Crippen LogP contribution is -2.05. The van der Waals surface area contributed by atoms with Crippen molar-refractivity contribution in [3.05, 3.63) is 35.4 Å². The number of benzene rings is 1. The maximum atomic E-state index is 11.2. The summed E-state index contributed by atoms with van der Waals surface area (Å²) in [5, 5.41) is 0. The van der Waals surface area contributed by atoms with E-state index in [9.17, 15) is 4.79 Å². The number of methoxy groups -OCH3 is 1. The topological polar surface area (TPSA) is 78.3 Å². The van der Waals surface area contributed by atoms with Gasteiger partial charge >= 0.3 is 5.97 Å². The summed E-state index contributed by atoms with van der Waals surface area (Å²) in [4.78, 5) is 11.2. The van der Waals surface area contributed by atoms with Gasteiger partial charge in [-0.05, 0) is 17.7 Å². The second kappa shape index (κ2) is 5.17. The van der Waals surface area contributed by atoms with Gasteiger partial charge in [0.15, 0.2) is 0 Å². The van der Waals surface area contributed by atoms with Crippen molar-refractivity contribution in [2.75, 3.05) is 19.4 Å². The van der Waals surface area contributed by atoms with Gasteiger partial charge in [0.1, 0.15) is 0 Å². The fourth-order valence-corrected chi connectivity index (χ4v) is 1.18. The van der Waals surface area contributed by atoms with E-state index in [1.807, 2.05) is 12.2 Å². The summed E-state index contributed by atoms with van der Waals surface area (Å²) < 4.78 is 4.58. The van der Waals surface area contributed by atoms with Crippen LogP contribution in [0.1, 0.15) is 15.9 Å². The summed E-state index contributed by atoms with van der Waals surface area (Å²) in [6.45, 7) is 0.471. The van der Waals surface area contributed by atoms with E-state index < -0.39 is 5.97 Å². The van der Waals surface area contributed by atoms with Gasteiger partial charge in [-0.25, -0.2) is 4.79 Å². The molecule has 1 aromatic rings. The van der Waals surface area contributed by atoms with Crippen molar-refractivity contribution in [3.8, 4) is 0 Å². The minimum absolute atomic E-state index is 0.377. The van der Waals surface area contributed by atoms with E-state index in [4.69, 9.17) is 11.5 Å². The Balaban J connectivity index is 2.98. The van der Waals surface area contributed by atoms with Crippen LogP contribution >= 0.6 is 0 Å². The highest BCUT2D eigenvalue weighted by atomic mass is 16.5. The molecule has 4 heteroatoms. The van der Waals surface area contributed by atoms with E-state index in [-0.39, 0.29) is 0 Å². The molecule has 0 saturated heterocycles. The molecule has 0 aliphatic carbocycles. The maximum absolute atomic E-state index is 11.2. The lowest BCUT2D eigenvalue weighted by Gasteiger charge is -2.04. The van der Waals surface area contributed by atoms with Crippen LogP contribution in [-0.2, 0) is 4.74 Å². The molecule has 0 aliphatic rings. The molecule has 0 saturated carbocycles. The number of hydrogen-bond donors (Lipinski definition) is 2. The highest BCUT2D eigenvalue weighted by Crippen LogP contribution is 2.16. The van der Waals surface area contributed by atoms with Crippen molar-refractivity contribution >= 4 is 17.7 Å². The number of anilines is 1. The Kier molecular flexibility index (Phi) is 3.88. The zero-order chi connectivity index (χ0) is 11.3. The monoisotopic (exact) mass is 206 g/mol. The molecule has 15 heavy (non-hydrogen) atoms. The fourth-order valence-electron chi connectivity index (χ4n) is 1.18. The van der Waals surface area contributed by atoms with E-state index in [1.54, 1.807) is 18.2 Å². The van der Waals surface area contributed by atoms with Crippen LogP contribution in [0.15, 0.2) is 24.3 Å². The summed E-state index contributed by atoms with van der Waals surface area (Å²) >= 11 is 0. The lowest BCUT2D eigenvalue weighted by atomic mass is 10.1. The highest BCUT2D eigenvalue weighted by Gasteiger charge is 2.08. The van der Waals surface area contributed by atoms with Crippen molar-refractivity contribution in [1.29, 1.82) is 0 Å². The molecule has 0 heterocycles. The second-order valence-corrected chi connectivity index (χ2v) is 2.98. The molecule has 0 unspecified atom stereocenters. The van der Waals surface area contributed by atoms with Crippen LogP contribution in [0.2, 0.25) is 0 Å². The minimum atomic E-state index is -0.429. The molecule has 4 N–H and O–H groups in total. The number of hydrogen-bond acceptors (Lipinski definition) is 4. The van der Waals surface area contributed by atoms with Crippen LogP contribution in [0.25, 0.3) is 6.08 Å². The first-order valence-corrected chi connectivity index (χ1v) is 4.53. The number of carbonyl (C=O) groups excluding carboxylic acids is 1. The average molecular weight is 206 g/mol. The first kappa shape index (κ1) is 11.3. The molecular weight excluding hydrogens is 192 g/mol. The molecule has 0 fully saturated rings. The van der Waals surface area contributed by atoms with Crippen LogP contribution < -0.4 is 11.5 Å². The summed E-state index contributed by atoms with van der Waals surface area (Å²) in [5.74, 6) is -0.429.